The van der Waals surface area contributed by atoms with Gasteiger partial charge >= 0.3 is 0 Å². The summed E-state index contributed by atoms with van der Waals surface area (Å²) >= 11 is 0. The number of ether oxygens (including phenoxy) is 1. The summed E-state index contributed by atoms with van der Waals surface area (Å²) in [6.07, 6.45) is 1.58. The van der Waals surface area contributed by atoms with Crippen LogP contribution in [0.4, 0.5) is 0 Å². The van der Waals surface area contributed by atoms with Crippen molar-refractivity contribution in [2.75, 3.05) is 13.7 Å². The minimum Gasteiger partial charge on any atom is -0.390 e. The maximum Gasteiger partial charge on any atom is 0.0686 e. The zero-order valence-electron chi connectivity index (χ0n) is 10.4. The van der Waals surface area contributed by atoms with Gasteiger partial charge in [0.2, 0.25) is 0 Å². The van der Waals surface area contributed by atoms with E-state index in [1.54, 1.807) is 7.11 Å². The third kappa shape index (κ3) is 3.95. The number of hydrogen-bond donors (Lipinski definition) is 1. The van der Waals surface area contributed by atoms with Crippen molar-refractivity contribution >= 4 is 0 Å². The van der Waals surface area contributed by atoms with Gasteiger partial charge in [0.15, 0.2) is 0 Å². The van der Waals surface area contributed by atoms with Crippen LogP contribution in [-0.4, -0.2) is 24.4 Å². The van der Waals surface area contributed by atoms with Crippen LogP contribution in [0.25, 0.3) is 0 Å². The monoisotopic (exact) mass is 222 g/mol. The smallest absolute Gasteiger partial charge is 0.0686 e. The van der Waals surface area contributed by atoms with Crippen LogP contribution in [0.5, 0.6) is 0 Å². The van der Waals surface area contributed by atoms with Crippen LogP contribution in [0.15, 0.2) is 30.3 Å². The van der Waals surface area contributed by atoms with Gasteiger partial charge in [0, 0.05) is 20.1 Å². The Morgan fingerprint density at radius 1 is 1.31 bits per heavy atom. The van der Waals surface area contributed by atoms with E-state index in [-0.39, 0.29) is 5.92 Å². The standard InChI is InChI=1S/C14H22O2/c1-12(9-10-16-3)14(2,15)11-13-7-5-4-6-8-13/h4-8,12,15H,9-11H2,1-3H3. The molecule has 2 unspecified atom stereocenters. The molecule has 0 fully saturated rings. The lowest BCUT2D eigenvalue weighted by Gasteiger charge is -2.30. The molecule has 2 nitrogen and oxygen atoms in total. The van der Waals surface area contributed by atoms with Crippen LogP contribution in [-0.2, 0) is 11.2 Å². The molecular weight excluding hydrogens is 200 g/mol. The first-order chi connectivity index (χ1) is 7.56. The number of methoxy groups -OCH3 is 1. The molecule has 1 rings (SSSR count). The zero-order chi connectivity index (χ0) is 12.0. The molecule has 1 aromatic carbocycles. The van der Waals surface area contributed by atoms with Crippen LogP contribution in [0.3, 0.4) is 0 Å². The van der Waals surface area contributed by atoms with Crippen molar-refractivity contribution in [2.45, 2.75) is 32.3 Å². The van der Waals surface area contributed by atoms with Gasteiger partial charge in [0.1, 0.15) is 0 Å². The highest BCUT2D eigenvalue weighted by atomic mass is 16.5. The van der Waals surface area contributed by atoms with Crippen molar-refractivity contribution in [2.24, 2.45) is 5.92 Å². The van der Waals surface area contributed by atoms with E-state index in [1.807, 2.05) is 25.1 Å². The van der Waals surface area contributed by atoms with Gasteiger partial charge in [-0.05, 0) is 24.8 Å². The first kappa shape index (κ1) is 13.2. The Labute approximate surface area is 98.3 Å². The Hall–Kier alpha value is -0.860. The lowest BCUT2D eigenvalue weighted by molar-refractivity contribution is -0.00554. The average Bonchev–Trinajstić information content (AvgIpc) is 2.26. The highest BCUT2D eigenvalue weighted by Crippen LogP contribution is 2.24. The first-order valence-corrected chi connectivity index (χ1v) is 5.81. The van der Waals surface area contributed by atoms with E-state index in [0.29, 0.717) is 13.0 Å². The maximum atomic E-state index is 10.4. The Bertz CT molecular complexity index is 293. The normalized spacial score (nSPS) is 16.8. The van der Waals surface area contributed by atoms with Crippen LogP contribution < -0.4 is 0 Å². The summed E-state index contributed by atoms with van der Waals surface area (Å²) in [6.45, 7) is 4.67. The van der Waals surface area contributed by atoms with Gasteiger partial charge in [0.05, 0.1) is 5.60 Å². The number of rotatable bonds is 6. The third-order valence-electron chi connectivity index (χ3n) is 3.22. The molecule has 1 aromatic rings. The Morgan fingerprint density at radius 3 is 2.50 bits per heavy atom. The van der Waals surface area contributed by atoms with E-state index in [2.05, 4.69) is 19.1 Å². The first-order valence-electron chi connectivity index (χ1n) is 5.81. The van der Waals surface area contributed by atoms with Crippen LogP contribution in [0, 0.1) is 5.92 Å². The fraction of sp³-hybridized carbons (Fsp3) is 0.571. The lowest BCUT2D eigenvalue weighted by Crippen LogP contribution is -2.35. The summed E-state index contributed by atoms with van der Waals surface area (Å²) in [7, 11) is 1.69. The maximum absolute atomic E-state index is 10.4. The highest BCUT2D eigenvalue weighted by molar-refractivity contribution is 5.17. The van der Waals surface area contributed by atoms with Crippen molar-refractivity contribution in [3.63, 3.8) is 0 Å². The molecule has 0 aromatic heterocycles. The topological polar surface area (TPSA) is 29.5 Å². The van der Waals surface area contributed by atoms with Gasteiger partial charge in [-0.25, -0.2) is 0 Å². The molecule has 0 aliphatic rings. The van der Waals surface area contributed by atoms with Gasteiger partial charge in [-0.2, -0.15) is 0 Å². The van der Waals surface area contributed by atoms with E-state index in [0.717, 1.165) is 6.42 Å². The largest absolute Gasteiger partial charge is 0.390 e. The quantitative estimate of drug-likeness (QED) is 0.802. The molecule has 0 saturated heterocycles. The second-order valence-corrected chi connectivity index (χ2v) is 4.70. The molecule has 0 bridgehead atoms. The fourth-order valence-electron chi connectivity index (χ4n) is 1.79. The summed E-state index contributed by atoms with van der Waals surface area (Å²) in [5, 5.41) is 10.4. The molecule has 0 spiro atoms. The minimum absolute atomic E-state index is 0.229. The minimum atomic E-state index is -0.667. The van der Waals surface area contributed by atoms with Crippen molar-refractivity contribution in [1.82, 2.24) is 0 Å². The van der Waals surface area contributed by atoms with E-state index >= 15 is 0 Å². The summed E-state index contributed by atoms with van der Waals surface area (Å²) < 4.78 is 5.05. The summed E-state index contributed by atoms with van der Waals surface area (Å²) in [5.41, 5.74) is 0.511. The van der Waals surface area contributed by atoms with E-state index in [1.165, 1.54) is 5.56 Å². The summed E-state index contributed by atoms with van der Waals surface area (Å²) in [5.74, 6) is 0.229. The molecular formula is C14H22O2. The van der Waals surface area contributed by atoms with Crippen molar-refractivity contribution in [3.8, 4) is 0 Å². The molecule has 1 N–H and O–H groups in total. The molecule has 0 saturated carbocycles. The summed E-state index contributed by atoms with van der Waals surface area (Å²) in [6, 6.07) is 10.1. The predicted octanol–water partition coefficient (Wildman–Crippen LogP) is 2.65. The predicted molar refractivity (Wildman–Crippen MR) is 66.4 cm³/mol. The Balaban J connectivity index is 2.56. The zero-order valence-corrected chi connectivity index (χ0v) is 10.4. The SMILES string of the molecule is COCCC(C)C(C)(O)Cc1ccccc1. The second-order valence-electron chi connectivity index (χ2n) is 4.70. The highest BCUT2D eigenvalue weighted by Gasteiger charge is 2.28. The molecule has 2 heteroatoms. The second kappa shape index (κ2) is 6.02. The van der Waals surface area contributed by atoms with Crippen LogP contribution in [0.2, 0.25) is 0 Å². The van der Waals surface area contributed by atoms with E-state index in [4.69, 9.17) is 4.74 Å². The van der Waals surface area contributed by atoms with Gasteiger partial charge in [-0.1, -0.05) is 37.3 Å². The van der Waals surface area contributed by atoms with Gasteiger partial charge < -0.3 is 9.84 Å². The van der Waals surface area contributed by atoms with Crippen molar-refractivity contribution < 1.29 is 9.84 Å². The Morgan fingerprint density at radius 2 is 1.94 bits per heavy atom. The molecule has 0 aliphatic carbocycles. The number of aliphatic hydroxyl groups is 1. The number of benzene rings is 1. The Kier molecular flexibility index (Phi) is 4.97. The molecule has 16 heavy (non-hydrogen) atoms. The van der Waals surface area contributed by atoms with E-state index in [9.17, 15) is 5.11 Å². The number of hydrogen-bond acceptors (Lipinski definition) is 2. The molecule has 0 aliphatic heterocycles. The van der Waals surface area contributed by atoms with Gasteiger partial charge in [-0.3, -0.25) is 0 Å². The van der Waals surface area contributed by atoms with E-state index < -0.39 is 5.60 Å². The average molecular weight is 222 g/mol. The molecule has 2 atom stereocenters. The molecule has 90 valence electrons. The molecule has 0 heterocycles. The van der Waals surface area contributed by atoms with Gasteiger partial charge in [-0.15, -0.1) is 0 Å². The third-order valence-corrected chi connectivity index (χ3v) is 3.22. The summed E-state index contributed by atoms with van der Waals surface area (Å²) in [4.78, 5) is 0. The van der Waals surface area contributed by atoms with Gasteiger partial charge in [0.25, 0.3) is 0 Å². The van der Waals surface area contributed by atoms with Crippen molar-refractivity contribution in [3.05, 3.63) is 35.9 Å². The lowest BCUT2D eigenvalue weighted by atomic mass is 9.83. The van der Waals surface area contributed by atoms with Crippen molar-refractivity contribution in [1.29, 1.82) is 0 Å². The molecule has 0 radical (unpaired) electrons. The van der Waals surface area contributed by atoms with Crippen LogP contribution in [0.1, 0.15) is 25.8 Å². The fourth-order valence-corrected chi connectivity index (χ4v) is 1.79. The molecule has 0 amide bonds. The van der Waals surface area contributed by atoms with Crippen LogP contribution >= 0.6 is 0 Å².